The predicted octanol–water partition coefficient (Wildman–Crippen LogP) is 24.4. The number of pyridine rings is 1. The number of rotatable bonds is 11. The van der Waals surface area contributed by atoms with E-state index in [1.807, 2.05) is 194 Å². The summed E-state index contributed by atoms with van der Waals surface area (Å²) in [6.45, 7) is 0. The van der Waals surface area contributed by atoms with Gasteiger partial charge in [0.05, 0.1) is 11.2 Å². The third kappa shape index (κ3) is 24.4. The fraction of sp³-hybridized carbons (Fsp3) is 0.0380. The van der Waals surface area contributed by atoms with E-state index in [1.165, 1.54) is 21.7 Å². The minimum atomic E-state index is -3.22. The van der Waals surface area contributed by atoms with Crippen LogP contribution in [0.3, 0.4) is 0 Å². The Balaban J connectivity index is 0.000000163. The minimum absolute atomic E-state index is 0.152. The van der Waals surface area contributed by atoms with E-state index in [0.29, 0.717) is 18.4 Å². The number of halogens is 7. The summed E-state index contributed by atoms with van der Waals surface area (Å²) in [6.07, 6.45) is 0.851. The lowest BCUT2D eigenvalue weighted by Crippen LogP contribution is -2.04. The molecule has 0 amide bonds. The highest BCUT2D eigenvalue weighted by Crippen LogP contribution is 2.61. The predicted molar refractivity (Wildman–Crippen MR) is 397 cm³/mol. The van der Waals surface area contributed by atoms with Crippen molar-refractivity contribution in [2.45, 2.75) is 17.1 Å². The number of ketones is 2. The number of anilines is 1. The zero-order valence-corrected chi connectivity index (χ0v) is 56.2. The number of carbonyl (C=O) groups excluding carboxylic acids is 3. The molecule has 0 aliphatic carbocycles. The Kier molecular flexibility index (Phi) is 29.7. The number of hydrogen-bond donors (Lipinski definition) is 1. The monoisotopic (exact) mass is 1380 g/mol. The minimum Gasteiger partial charge on any atom is -0.398 e. The second-order valence-electron chi connectivity index (χ2n) is 20.1. The largest absolute Gasteiger partial charge is 0.398 e. The first-order valence-electron chi connectivity index (χ1n) is 29.1. The van der Waals surface area contributed by atoms with E-state index in [0.717, 1.165) is 72.5 Å². The zero-order valence-electron chi connectivity index (χ0n) is 50.0. The Hall–Kier alpha value is -8.62. The number of alkyl halides is 3. The number of para-hydroxylation sites is 2. The van der Waals surface area contributed by atoms with Crippen molar-refractivity contribution in [2.24, 2.45) is 0 Å². The summed E-state index contributed by atoms with van der Waals surface area (Å²) < 4.78 is 8.76. The van der Waals surface area contributed by atoms with Crippen molar-refractivity contribution in [2.75, 3.05) is 5.73 Å². The first-order chi connectivity index (χ1) is 45.0. The van der Waals surface area contributed by atoms with Gasteiger partial charge in [0.25, 0.3) is 5.24 Å². The molecule has 1 heterocycles. The van der Waals surface area contributed by atoms with Crippen LogP contribution in [0.5, 0.6) is 0 Å². The molecule has 0 spiro atoms. The van der Waals surface area contributed by atoms with Crippen LogP contribution in [-0.4, -0.2) is 26.1 Å². The normalized spacial score (nSPS) is 10.3. The van der Waals surface area contributed by atoms with Crippen molar-refractivity contribution >= 4 is 129 Å². The molecule has 2 N–H and O–H groups in total. The van der Waals surface area contributed by atoms with E-state index in [9.17, 15) is 18.9 Å². The van der Waals surface area contributed by atoms with Gasteiger partial charge in [0, 0.05) is 57.1 Å². The Morgan fingerprint density at radius 2 is 0.624 bits per heavy atom. The summed E-state index contributed by atoms with van der Waals surface area (Å²) in [4.78, 5) is 40.1. The van der Waals surface area contributed by atoms with Gasteiger partial charge in [-0.05, 0) is 102 Å². The van der Waals surface area contributed by atoms with Gasteiger partial charge in [-0.15, -0.1) is 0 Å². The zero-order chi connectivity index (χ0) is 66.2. The summed E-state index contributed by atoms with van der Waals surface area (Å²) in [5.74, 6) is 0.304. The topological polar surface area (TPSA) is 107 Å². The molecule has 0 unspecified atom stereocenters. The van der Waals surface area contributed by atoms with E-state index in [4.69, 9.17) is 57.1 Å². The third-order valence-corrected chi connectivity index (χ3v) is 14.0. The average Bonchev–Trinajstić information content (AvgIpc) is 1.83. The molecule has 6 nitrogen and oxygen atoms in total. The van der Waals surface area contributed by atoms with Crippen LogP contribution in [0.2, 0.25) is 0 Å². The highest BCUT2D eigenvalue weighted by molar-refractivity contribution is 8.24. The van der Waals surface area contributed by atoms with Gasteiger partial charge in [-0.25, -0.2) is 4.98 Å². The van der Waals surface area contributed by atoms with Crippen LogP contribution in [0.25, 0.3) is 66.3 Å². The lowest BCUT2D eigenvalue weighted by Gasteiger charge is -2.09. The van der Waals surface area contributed by atoms with Crippen molar-refractivity contribution in [1.82, 2.24) is 4.98 Å². The van der Waals surface area contributed by atoms with Crippen LogP contribution in [0.1, 0.15) is 42.2 Å². The first-order valence-corrected chi connectivity index (χ1v) is 35.2. The summed E-state index contributed by atoms with van der Waals surface area (Å²) in [5.41, 5.74) is 21.0. The number of nitrogens with zero attached hydrogens (tertiary/aromatic N) is 1. The molecule has 1 aromatic heterocycles. The second kappa shape index (κ2) is 38.4. The van der Waals surface area contributed by atoms with Gasteiger partial charge in [0.2, 0.25) is 0 Å². The third-order valence-electron chi connectivity index (χ3n) is 13.8. The molecular formula is C79H62Cl7N2O4P. The summed E-state index contributed by atoms with van der Waals surface area (Å²) >= 11 is 33.4. The SMILES string of the molecule is ClC(Cl)Cl.Nc1ccccc1-c1ccccc1.O=C(Cc1ccccc1-c1ccccc1)c1ccccc1.O=C(Cc1ccccc1-c1ccccc1)c1ccccc1.O=C(Cl)c1ccccc1.O=P(Cl)(Cl)Cl.c1ccc(-c2nc3ccccc3c3ccccc23)cc1. The highest BCUT2D eigenvalue weighted by Gasteiger charge is 2.14. The van der Waals surface area contributed by atoms with Gasteiger partial charge < -0.3 is 5.73 Å². The summed E-state index contributed by atoms with van der Waals surface area (Å²) in [7, 11) is 0. The first kappa shape index (κ1) is 71.8. The van der Waals surface area contributed by atoms with Crippen molar-refractivity contribution in [3.05, 3.63) is 361 Å². The molecule has 13 rings (SSSR count). The number of aromatic nitrogens is 1. The molecule has 0 aliphatic rings. The quantitative estimate of drug-likeness (QED) is 0.0345. The maximum atomic E-state index is 12.4. The van der Waals surface area contributed by atoms with Crippen molar-refractivity contribution in [3.8, 4) is 44.6 Å². The molecule has 13 aromatic rings. The van der Waals surface area contributed by atoms with Gasteiger partial charge in [0.1, 0.15) is 0 Å². The van der Waals surface area contributed by atoms with Crippen LogP contribution in [0, 0.1) is 0 Å². The Morgan fingerprint density at radius 3 is 1.00 bits per heavy atom. The maximum absolute atomic E-state index is 12.4. The van der Waals surface area contributed by atoms with E-state index >= 15 is 0 Å². The van der Waals surface area contributed by atoms with Gasteiger partial charge in [-0.2, -0.15) is 0 Å². The Bertz CT molecular complexity index is 4320. The number of carbonyl (C=O) groups is 3. The molecule has 0 radical (unpaired) electrons. The van der Waals surface area contributed by atoms with Gasteiger partial charge >= 0.3 is 5.20 Å². The molecule has 0 atom stereocenters. The van der Waals surface area contributed by atoms with E-state index < -0.39 is 14.7 Å². The molecule has 14 heteroatoms. The number of benzene rings is 12. The van der Waals surface area contributed by atoms with E-state index in [2.05, 4.69) is 149 Å². The Morgan fingerprint density at radius 1 is 0.344 bits per heavy atom. The van der Waals surface area contributed by atoms with Gasteiger partial charge in [-0.3, -0.25) is 18.9 Å². The number of nitrogen functional groups attached to an aromatic ring is 1. The van der Waals surface area contributed by atoms with Crippen LogP contribution < -0.4 is 5.73 Å². The standard InChI is InChI=1S/2C20H16O.C19H13N.C12H11N.C7H5ClO.CHCl3.Cl3OP/c2*21-20(17-11-5-2-6-12-17)15-18-13-7-8-14-19(18)16-9-3-1-4-10-16;1-2-8-14(9-3-1)19-17-12-5-4-10-15(17)16-11-6-7-13-18(16)20-19;13-12-9-5-4-8-11(12)10-6-2-1-3-7-10;8-7(9)6-4-2-1-3-5-6;2-1(3)4;1-5(2,3)4/h2*1-14H,15H2;1-13H;1-9H,13H2;1-5H;1H;. The molecule has 0 fully saturated rings. The van der Waals surface area contributed by atoms with Crippen molar-refractivity contribution in [1.29, 1.82) is 0 Å². The second-order valence-corrected chi connectivity index (χ2v) is 29.1. The van der Waals surface area contributed by atoms with Gasteiger partial charge in [0.15, 0.2) is 15.9 Å². The molecule has 93 heavy (non-hydrogen) atoms. The molecule has 0 saturated heterocycles. The lowest BCUT2D eigenvalue weighted by atomic mass is 9.94. The van der Waals surface area contributed by atoms with Crippen LogP contribution in [0.4, 0.5) is 5.69 Å². The number of fused-ring (bicyclic) bond motifs is 3. The summed E-state index contributed by atoms with van der Waals surface area (Å²) in [6, 6.07) is 109. The maximum Gasteiger partial charge on any atom is 0.339 e. The molecule has 12 aromatic carbocycles. The molecular weight excluding hydrogens is 1320 g/mol. The molecule has 0 saturated carbocycles. The van der Waals surface area contributed by atoms with Crippen LogP contribution in [0.15, 0.2) is 334 Å². The fourth-order valence-corrected chi connectivity index (χ4v) is 9.74. The molecule has 0 bridgehead atoms. The van der Waals surface area contributed by atoms with Crippen molar-refractivity contribution in [3.63, 3.8) is 0 Å². The molecule has 0 aliphatic heterocycles. The lowest BCUT2D eigenvalue weighted by molar-refractivity contribution is 0.0985. The van der Waals surface area contributed by atoms with E-state index in [-0.39, 0.29) is 11.6 Å². The fourth-order valence-electron chi connectivity index (χ4n) is 9.61. The number of Topliss-reactive ketones (excluding diaryl/α,β-unsaturated/α-hetero) is 2. The van der Waals surface area contributed by atoms with E-state index in [1.54, 1.807) is 24.3 Å². The van der Waals surface area contributed by atoms with Gasteiger partial charge in [-0.1, -0.05) is 356 Å². The smallest absolute Gasteiger partial charge is 0.339 e. The van der Waals surface area contributed by atoms with Crippen molar-refractivity contribution < 1.29 is 18.9 Å². The molecule has 466 valence electrons. The number of nitrogens with two attached hydrogens (primary N) is 1. The Labute approximate surface area is 577 Å². The highest BCUT2D eigenvalue weighted by atomic mass is 36.0. The van der Waals surface area contributed by atoms with Crippen LogP contribution in [-0.2, 0) is 17.4 Å². The summed E-state index contributed by atoms with van der Waals surface area (Å²) in [5, 5.41) is 0.0488. The van der Waals surface area contributed by atoms with Crippen LogP contribution >= 0.6 is 85.3 Å². The average molecular weight is 1380 g/mol. The number of hydrogen-bond acceptors (Lipinski definition) is 6.